The summed E-state index contributed by atoms with van der Waals surface area (Å²) in [5.74, 6) is 0.320. The standard InChI is InChI=1S/C18H21N3O2S.C17H19NO3S.C6H9NO/c19-14-18(20)9-11-21(12-10-18)24(22,23)13-8-16-6-3-5-15-4-1-2-7-17(15)16;19-16-8-11-18(12-9-16)22(20,21)13-10-15-6-3-5-14-4-1-2-7-17(14)15;7-4-3-6-2-1-5-8-6/h1-7H,8-13,20H2;1-7H,8-13H2;6H,1-3,5H2. The first-order chi connectivity index (χ1) is 25.9. The first-order valence-corrected chi connectivity index (χ1v) is 21.7. The molecule has 54 heavy (non-hydrogen) atoms. The van der Waals surface area contributed by atoms with Gasteiger partial charge >= 0.3 is 0 Å². The minimum Gasteiger partial charge on any atom is -0.377 e. The van der Waals surface area contributed by atoms with Gasteiger partial charge in [-0.1, -0.05) is 84.9 Å². The molecule has 7 rings (SSSR count). The zero-order valence-electron chi connectivity index (χ0n) is 30.6. The van der Waals surface area contributed by atoms with Crippen LogP contribution in [0.2, 0.25) is 0 Å². The van der Waals surface area contributed by atoms with Gasteiger partial charge in [0.2, 0.25) is 20.0 Å². The minimum absolute atomic E-state index is 0.0745. The van der Waals surface area contributed by atoms with Crippen molar-refractivity contribution in [2.75, 3.05) is 44.3 Å². The van der Waals surface area contributed by atoms with E-state index in [9.17, 15) is 21.6 Å². The normalized spacial score (nSPS) is 19.2. The average Bonchev–Trinajstić information content (AvgIpc) is 3.71. The van der Waals surface area contributed by atoms with Gasteiger partial charge in [-0.15, -0.1) is 0 Å². The van der Waals surface area contributed by atoms with Crippen LogP contribution in [-0.2, 0) is 42.4 Å². The molecule has 3 aliphatic heterocycles. The number of Topliss-reactive ketones (excluding diaryl/α,β-unsaturated/α-hetero) is 1. The zero-order valence-corrected chi connectivity index (χ0v) is 32.2. The number of rotatable bonds is 9. The highest BCUT2D eigenvalue weighted by Crippen LogP contribution is 2.24. The van der Waals surface area contributed by atoms with Gasteiger partial charge in [-0.3, -0.25) is 4.79 Å². The summed E-state index contributed by atoms with van der Waals surface area (Å²) in [7, 11) is -6.63. The van der Waals surface area contributed by atoms with E-state index in [1.165, 1.54) is 8.61 Å². The Hall–Kier alpha value is -4.21. The molecule has 13 heteroatoms. The first kappa shape index (κ1) is 41.0. The van der Waals surface area contributed by atoms with E-state index in [2.05, 4.69) is 12.1 Å². The van der Waals surface area contributed by atoms with E-state index in [4.69, 9.17) is 21.0 Å². The quantitative estimate of drug-likeness (QED) is 0.231. The number of ketones is 1. The molecule has 3 saturated heterocycles. The fourth-order valence-corrected chi connectivity index (χ4v) is 9.90. The molecule has 3 aliphatic rings. The molecule has 0 amide bonds. The van der Waals surface area contributed by atoms with Crippen molar-refractivity contribution in [3.05, 3.63) is 96.1 Å². The molecule has 286 valence electrons. The van der Waals surface area contributed by atoms with Crippen LogP contribution in [0, 0.1) is 22.7 Å². The Morgan fingerprint density at radius 1 is 0.722 bits per heavy atom. The number of hydrogen-bond acceptors (Lipinski definition) is 9. The van der Waals surface area contributed by atoms with Crippen LogP contribution in [0.3, 0.4) is 0 Å². The molecule has 0 aromatic heterocycles. The second-order valence-electron chi connectivity index (χ2n) is 14.0. The largest absolute Gasteiger partial charge is 0.377 e. The van der Waals surface area contributed by atoms with E-state index in [1.54, 1.807) is 0 Å². The summed E-state index contributed by atoms with van der Waals surface area (Å²) in [4.78, 5) is 11.2. The van der Waals surface area contributed by atoms with E-state index < -0.39 is 25.6 Å². The summed E-state index contributed by atoms with van der Waals surface area (Å²) in [6.07, 6.45) is 5.45. The lowest BCUT2D eigenvalue weighted by Crippen LogP contribution is -2.51. The van der Waals surface area contributed by atoms with Gasteiger partial charge in [-0.2, -0.15) is 10.5 Å². The summed E-state index contributed by atoms with van der Waals surface area (Å²) in [6.45, 7) is 2.16. The van der Waals surface area contributed by atoms with E-state index in [-0.39, 0.29) is 23.4 Å². The van der Waals surface area contributed by atoms with Crippen molar-refractivity contribution in [1.29, 1.82) is 10.5 Å². The highest BCUT2D eigenvalue weighted by Gasteiger charge is 2.35. The van der Waals surface area contributed by atoms with Crippen LogP contribution in [-0.4, -0.2) is 87.2 Å². The Labute approximate surface area is 319 Å². The van der Waals surface area contributed by atoms with Crippen LogP contribution in [0.4, 0.5) is 0 Å². The fraction of sp³-hybridized carbons (Fsp3) is 0.439. The predicted molar refractivity (Wildman–Crippen MR) is 211 cm³/mol. The van der Waals surface area contributed by atoms with Crippen LogP contribution in [0.1, 0.15) is 56.1 Å². The number of ether oxygens (including phenoxy) is 1. The number of nitrogens with two attached hydrogens (primary N) is 1. The van der Waals surface area contributed by atoms with E-state index in [0.29, 0.717) is 71.1 Å². The molecular formula is C41H49N5O6S2. The van der Waals surface area contributed by atoms with Gasteiger partial charge < -0.3 is 10.5 Å². The predicted octanol–water partition coefficient (Wildman–Crippen LogP) is 5.49. The Morgan fingerprint density at radius 3 is 1.67 bits per heavy atom. The second kappa shape index (κ2) is 18.9. The van der Waals surface area contributed by atoms with Gasteiger partial charge in [0.05, 0.1) is 36.2 Å². The average molecular weight is 772 g/mol. The van der Waals surface area contributed by atoms with Crippen molar-refractivity contribution in [3.8, 4) is 12.1 Å². The van der Waals surface area contributed by atoms with Gasteiger partial charge in [-0.25, -0.2) is 25.4 Å². The molecule has 1 unspecified atom stereocenters. The molecule has 0 radical (unpaired) electrons. The third kappa shape index (κ3) is 11.2. The van der Waals surface area contributed by atoms with Crippen molar-refractivity contribution in [2.45, 2.75) is 69.4 Å². The Kier molecular flexibility index (Phi) is 14.3. The maximum atomic E-state index is 12.6. The molecule has 4 aromatic carbocycles. The molecular weight excluding hydrogens is 723 g/mol. The van der Waals surface area contributed by atoms with Gasteiger partial charge in [-0.05, 0) is 71.2 Å². The van der Waals surface area contributed by atoms with Crippen LogP contribution in [0.25, 0.3) is 21.5 Å². The monoisotopic (exact) mass is 771 g/mol. The van der Waals surface area contributed by atoms with Gasteiger partial charge in [0.1, 0.15) is 11.3 Å². The van der Waals surface area contributed by atoms with Crippen molar-refractivity contribution < 1.29 is 26.4 Å². The zero-order chi connectivity index (χ0) is 38.6. The number of sulfonamides is 2. The lowest BCUT2D eigenvalue weighted by Gasteiger charge is -2.33. The number of carbonyl (C=O) groups excluding carboxylic acids is 1. The third-order valence-electron chi connectivity index (χ3n) is 10.3. The molecule has 0 saturated carbocycles. The highest BCUT2D eigenvalue weighted by molar-refractivity contribution is 7.89. The SMILES string of the molecule is N#CC1(N)CCN(S(=O)(=O)CCc2cccc3ccccc23)CC1.N#CCC1CCCO1.O=C1CCN(S(=O)(=O)CCc2cccc3ccccc23)CC1. The van der Waals surface area contributed by atoms with Crippen molar-refractivity contribution >= 4 is 47.4 Å². The highest BCUT2D eigenvalue weighted by atomic mass is 32.2. The summed E-state index contributed by atoms with van der Waals surface area (Å²) < 4.78 is 58.1. The molecule has 3 fully saturated rings. The number of aryl methyl sites for hydroxylation is 2. The minimum atomic E-state index is -3.34. The summed E-state index contributed by atoms with van der Waals surface area (Å²) in [5.41, 5.74) is 7.11. The van der Waals surface area contributed by atoms with Crippen LogP contribution in [0.5, 0.6) is 0 Å². The number of piperidine rings is 2. The molecule has 4 aromatic rings. The molecule has 0 aliphatic carbocycles. The van der Waals surface area contributed by atoms with Gasteiger partial charge in [0.25, 0.3) is 0 Å². The first-order valence-electron chi connectivity index (χ1n) is 18.5. The number of carbonyl (C=O) groups is 1. The lowest BCUT2D eigenvalue weighted by atomic mass is 9.91. The summed E-state index contributed by atoms with van der Waals surface area (Å²) in [6, 6.07) is 32.1. The number of nitrogens with zero attached hydrogens (tertiary/aromatic N) is 4. The molecule has 11 nitrogen and oxygen atoms in total. The summed E-state index contributed by atoms with van der Waals surface area (Å²) in [5, 5.41) is 21.7. The van der Waals surface area contributed by atoms with Crippen LogP contribution >= 0.6 is 0 Å². The lowest BCUT2D eigenvalue weighted by molar-refractivity contribution is -0.120. The topological polar surface area (TPSA) is 175 Å². The molecule has 2 N–H and O–H groups in total. The third-order valence-corrected chi connectivity index (χ3v) is 14.0. The Bertz CT molecular complexity index is 2180. The number of benzene rings is 4. The maximum absolute atomic E-state index is 12.6. The van der Waals surface area contributed by atoms with Gasteiger partial charge in [0.15, 0.2) is 0 Å². The molecule has 0 bridgehead atoms. The number of fused-ring (bicyclic) bond motifs is 2. The fourth-order valence-electron chi connectivity index (χ4n) is 6.95. The number of hydrogen-bond donors (Lipinski definition) is 1. The van der Waals surface area contributed by atoms with Gasteiger partial charge in [0, 0.05) is 45.6 Å². The molecule has 0 spiro atoms. The van der Waals surface area contributed by atoms with Crippen LogP contribution in [0.15, 0.2) is 84.9 Å². The molecule has 1 atom stereocenters. The second-order valence-corrected chi connectivity index (χ2v) is 18.2. The number of nitriles is 2. The van der Waals surface area contributed by atoms with Crippen molar-refractivity contribution in [1.82, 2.24) is 8.61 Å². The van der Waals surface area contributed by atoms with Crippen molar-refractivity contribution in [3.63, 3.8) is 0 Å². The van der Waals surface area contributed by atoms with E-state index >= 15 is 0 Å². The van der Waals surface area contributed by atoms with Crippen LogP contribution < -0.4 is 5.73 Å². The summed E-state index contributed by atoms with van der Waals surface area (Å²) >= 11 is 0. The Balaban J connectivity index is 0.000000173. The molecule has 3 heterocycles. The smallest absolute Gasteiger partial charge is 0.214 e. The van der Waals surface area contributed by atoms with E-state index in [1.807, 2.05) is 84.9 Å². The van der Waals surface area contributed by atoms with Crippen molar-refractivity contribution in [2.24, 2.45) is 5.73 Å². The Morgan fingerprint density at radius 2 is 1.20 bits per heavy atom. The van der Waals surface area contributed by atoms with E-state index in [0.717, 1.165) is 52.1 Å². The maximum Gasteiger partial charge on any atom is 0.214 e.